The van der Waals surface area contributed by atoms with Gasteiger partial charge in [0.2, 0.25) is 0 Å². The normalized spacial score (nSPS) is 20.3. The fourth-order valence-electron chi connectivity index (χ4n) is 4.19. The summed E-state index contributed by atoms with van der Waals surface area (Å²) in [7, 11) is 0. The molecule has 2 aromatic rings. The zero-order valence-corrected chi connectivity index (χ0v) is 16.3. The van der Waals surface area contributed by atoms with Gasteiger partial charge in [-0.3, -0.25) is 9.69 Å². The van der Waals surface area contributed by atoms with E-state index in [0.29, 0.717) is 18.0 Å². The van der Waals surface area contributed by atoms with Gasteiger partial charge in [0.15, 0.2) is 0 Å². The van der Waals surface area contributed by atoms with E-state index in [0.717, 1.165) is 43.7 Å². The van der Waals surface area contributed by atoms with E-state index in [1.165, 1.54) is 0 Å². The topological polar surface area (TPSA) is 65.7 Å². The first-order valence-electron chi connectivity index (χ1n) is 9.78. The van der Waals surface area contributed by atoms with E-state index < -0.39 is 0 Å². The number of hydrogen-bond donors (Lipinski definition) is 2. The Morgan fingerprint density at radius 3 is 2.89 bits per heavy atom. The minimum atomic E-state index is -0.133. The molecule has 5 nitrogen and oxygen atoms in total. The molecule has 0 radical (unpaired) electrons. The number of furan rings is 1. The Labute approximate surface area is 161 Å². The summed E-state index contributed by atoms with van der Waals surface area (Å²) in [6.45, 7) is 6.73. The molecule has 0 bridgehead atoms. The van der Waals surface area contributed by atoms with Crippen molar-refractivity contribution in [3.8, 4) is 0 Å². The summed E-state index contributed by atoms with van der Waals surface area (Å²) in [4.78, 5) is 14.8. The van der Waals surface area contributed by atoms with Crippen molar-refractivity contribution < 1.29 is 14.3 Å². The lowest BCUT2D eigenvalue weighted by Crippen LogP contribution is -2.47. The molecular weight excluding hydrogens is 340 g/mol. The van der Waals surface area contributed by atoms with Crippen LogP contribution < -0.4 is 5.32 Å². The maximum atomic E-state index is 12.5. The van der Waals surface area contributed by atoms with Crippen LogP contribution >= 0.6 is 0 Å². The highest BCUT2D eigenvalue weighted by molar-refractivity contribution is 5.94. The SMILES string of the molecule is CC(C)C[C@]1(CO)CCCN1Cc1cccc(C(=O)NCc2ccco2)c1. The Hall–Kier alpha value is -2.11. The van der Waals surface area contributed by atoms with Gasteiger partial charge < -0.3 is 14.8 Å². The number of aliphatic hydroxyl groups excluding tert-OH is 1. The summed E-state index contributed by atoms with van der Waals surface area (Å²) in [5.74, 6) is 1.17. The van der Waals surface area contributed by atoms with Crippen LogP contribution in [0.5, 0.6) is 0 Å². The van der Waals surface area contributed by atoms with Gasteiger partial charge in [0, 0.05) is 17.6 Å². The van der Waals surface area contributed by atoms with Crippen LogP contribution in [0.15, 0.2) is 47.1 Å². The number of carbonyl (C=O) groups excluding carboxylic acids is 1. The summed E-state index contributed by atoms with van der Waals surface area (Å²) < 4.78 is 5.25. The lowest BCUT2D eigenvalue weighted by Gasteiger charge is -2.38. The van der Waals surface area contributed by atoms with Crippen molar-refractivity contribution in [2.45, 2.75) is 51.7 Å². The Morgan fingerprint density at radius 1 is 1.33 bits per heavy atom. The number of likely N-dealkylation sites (tertiary alicyclic amines) is 1. The van der Waals surface area contributed by atoms with Gasteiger partial charge >= 0.3 is 0 Å². The lowest BCUT2D eigenvalue weighted by atomic mass is 9.87. The third-order valence-corrected chi connectivity index (χ3v) is 5.39. The molecule has 1 aromatic carbocycles. The number of hydrogen-bond acceptors (Lipinski definition) is 4. The molecule has 2 heterocycles. The van der Waals surface area contributed by atoms with Crippen LogP contribution in [0.1, 0.15) is 54.8 Å². The molecule has 0 spiro atoms. The molecule has 1 amide bonds. The van der Waals surface area contributed by atoms with E-state index in [-0.39, 0.29) is 18.1 Å². The van der Waals surface area contributed by atoms with Crippen LogP contribution in [-0.2, 0) is 13.1 Å². The maximum absolute atomic E-state index is 12.5. The molecule has 0 saturated carbocycles. The quantitative estimate of drug-likeness (QED) is 0.745. The predicted octanol–water partition coefficient (Wildman–Crippen LogP) is 3.58. The highest BCUT2D eigenvalue weighted by Gasteiger charge is 2.40. The number of aliphatic hydroxyl groups is 1. The Balaban J connectivity index is 1.67. The van der Waals surface area contributed by atoms with Crippen LogP contribution in [0.2, 0.25) is 0 Å². The standard InChI is InChI=1S/C22H30N2O3/c1-17(2)13-22(16-25)9-5-10-24(22)15-18-6-3-7-19(12-18)21(26)23-14-20-8-4-11-27-20/h3-4,6-8,11-12,17,25H,5,9-10,13-16H2,1-2H3,(H,23,26)/t22-/m0/s1. The largest absolute Gasteiger partial charge is 0.467 e. The molecule has 1 aliphatic rings. The van der Waals surface area contributed by atoms with Crippen LogP contribution in [0.3, 0.4) is 0 Å². The smallest absolute Gasteiger partial charge is 0.251 e. The zero-order chi connectivity index (χ0) is 19.3. The average molecular weight is 370 g/mol. The van der Waals surface area contributed by atoms with Gasteiger partial charge in [0.25, 0.3) is 5.91 Å². The molecule has 2 N–H and O–H groups in total. The highest BCUT2D eigenvalue weighted by Crippen LogP contribution is 2.35. The molecule has 3 rings (SSSR count). The van der Waals surface area contributed by atoms with Gasteiger partial charge in [0.1, 0.15) is 5.76 Å². The van der Waals surface area contributed by atoms with E-state index >= 15 is 0 Å². The Bertz CT molecular complexity index is 742. The first-order valence-corrected chi connectivity index (χ1v) is 9.78. The average Bonchev–Trinajstić information content (AvgIpc) is 3.30. The number of carbonyl (C=O) groups is 1. The summed E-state index contributed by atoms with van der Waals surface area (Å²) in [6, 6.07) is 11.4. The van der Waals surface area contributed by atoms with Crippen molar-refractivity contribution in [1.29, 1.82) is 0 Å². The van der Waals surface area contributed by atoms with Gasteiger partial charge in [-0.25, -0.2) is 0 Å². The van der Waals surface area contributed by atoms with E-state index in [1.807, 2.05) is 30.3 Å². The monoisotopic (exact) mass is 370 g/mol. The van der Waals surface area contributed by atoms with Crippen LogP contribution in [0.25, 0.3) is 0 Å². The van der Waals surface area contributed by atoms with E-state index in [1.54, 1.807) is 6.26 Å². The molecule has 1 atom stereocenters. The minimum Gasteiger partial charge on any atom is -0.467 e. The third kappa shape index (κ3) is 4.79. The number of rotatable bonds is 8. The van der Waals surface area contributed by atoms with Crippen molar-refractivity contribution in [2.24, 2.45) is 5.92 Å². The molecule has 1 fully saturated rings. The van der Waals surface area contributed by atoms with Gasteiger partial charge in [0.05, 0.1) is 19.4 Å². The Morgan fingerprint density at radius 2 is 2.19 bits per heavy atom. The molecule has 1 aliphatic heterocycles. The van der Waals surface area contributed by atoms with E-state index in [9.17, 15) is 9.90 Å². The van der Waals surface area contributed by atoms with Gasteiger partial charge in [-0.15, -0.1) is 0 Å². The Kier molecular flexibility index (Phi) is 6.34. The molecule has 0 aliphatic carbocycles. The molecule has 5 heteroatoms. The molecule has 27 heavy (non-hydrogen) atoms. The van der Waals surface area contributed by atoms with E-state index in [2.05, 4.69) is 30.1 Å². The second-order valence-electron chi connectivity index (χ2n) is 7.97. The van der Waals surface area contributed by atoms with Gasteiger partial charge in [-0.2, -0.15) is 0 Å². The van der Waals surface area contributed by atoms with Crippen LogP contribution in [-0.4, -0.2) is 34.6 Å². The fraction of sp³-hybridized carbons (Fsp3) is 0.500. The zero-order valence-electron chi connectivity index (χ0n) is 16.3. The fourth-order valence-corrected chi connectivity index (χ4v) is 4.19. The summed E-state index contributed by atoms with van der Waals surface area (Å²) in [5, 5.41) is 13.0. The maximum Gasteiger partial charge on any atom is 0.251 e. The number of nitrogens with one attached hydrogen (secondary N) is 1. The predicted molar refractivity (Wildman–Crippen MR) is 105 cm³/mol. The molecule has 1 saturated heterocycles. The van der Waals surface area contributed by atoms with Crippen molar-refractivity contribution in [3.63, 3.8) is 0 Å². The number of amides is 1. The summed E-state index contributed by atoms with van der Waals surface area (Å²) in [5.41, 5.74) is 1.62. The second-order valence-corrected chi connectivity index (χ2v) is 7.97. The number of benzene rings is 1. The van der Waals surface area contributed by atoms with E-state index in [4.69, 9.17) is 4.42 Å². The highest BCUT2D eigenvalue weighted by atomic mass is 16.3. The minimum absolute atomic E-state index is 0.106. The van der Waals surface area contributed by atoms with Crippen LogP contribution in [0.4, 0.5) is 0 Å². The summed E-state index contributed by atoms with van der Waals surface area (Å²) in [6.07, 6.45) is 4.73. The summed E-state index contributed by atoms with van der Waals surface area (Å²) >= 11 is 0. The first kappa shape index (κ1) is 19.6. The van der Waals surface area contributed by atoms with Gasteiger partial charge in [-0.05, 0) is 61.6 Å². The second kappa shape index (κ2) is 8.72. The molecular formula is C22H30N2O3. The molecule has 146 valence electrons. The van der Waals surface area contributed by atoms with Gasteiger partial charge in [-0.1, -0.05) is 26.0 Å². The van der Waals surface area contributed by atoms with Crippen molar-refractivity contribution in [3.05, 3.63) is 59.5 Å². The van der Waals surface area contributed by atoms with Crippen molar-refractivity contribution in [2.75, 3.05) is 13.2 Å². The third-order valence-electron chi connectivity index (χ3n) is 5.39. The number of nitrogens with zero attached hydrogens (tertiary/aromatic N) is 1. The van der Waals surface area contributed by atoms with Crippen molar-refractivity contribution in [1.82, 2.24) is 10.2 Å². The molecule has 0 unspecified atom stereocenters. The first-order chi connectivity index (χ1) is 13.0. The van der Waals surface area contributed by atoms with Crippen LogP contribution in [0, 0.1) is 5.92 Å². The molecule has 1 aromatic heterocycles. The lowest BCUT2D eigenvalue weighted by molar-refractivity contribution is 0.0409. The van der Waals surface area contributed by atoms with Crippen molar-refractivity contribution >= 4 is 5.91 Å².